The van der Waals surface area contributed by atoms with Gasteiger partial charge in [-0.3, -0.25) is 4.57 Å². The van der Waals surface area contributed by atoms with Crippen LogP contribution in [-0.4, -0.2) is 28.2 Å². The normalized spacial score (nSPS) is 15.3. The molecule has 2 N–H and O–H groups in total. The minimum Gasteiger partial charge on any atom is -0.362 e. The number of nitrogens with zero attached hydrogens (tertiary/aromatic N) is 4. The van der Waals surface area contributed by atoms with Gasteiger partial charge in [-0.05, 0) is 24.3 Å². The number of H-pyrrole nitrogens is 2. The molecule has 0 saturated carbocycles. The second-order valence-electron chi connectivity index (χ2n) is 11.2. The van der Waals surface area contributed by atoms with Crippen LogP contribution < -0.4 is 21.6 Å². The van der Waals surface area contributed by atoms with Crippen LogP contribution in [0.3, 0.4) is 0 Å². The second-order valence-corrected chi connectivity index (χ2v) is 13.6. The van der Waals surface area contributed by atoms with E-state index in [0.29, 0.717) is 39.1 Å². The van der Waals surface area contributed by atoms with E-state index in [1.54, 1.807) is 7.62 Å². The lowest BCUT2D eigenvalue weighted by atomic mass is 10.1. The van der Waals surface area contributed by atoms with Gasteiger partial charge in [-0.25, -0.2) is 15.0 Å². The van der Waals surface area contributed by atoms with Gasteiger partial charge < -0.3 is 19.2 Å². The van der Waals surface area contributed by atoms with Gasteiger partial charge in [-0.15, -0.1) is 0 Å². The Morgan fingerprint density at radius 1 is 0.609 bits per heavy atom. The molecule has 0 amide bonds. The summed E-state index contributed by atoms with van der Waals surface area (Å²) in [6, 6.07) is 42.9. The molecule has 9 rings (SSSR count). The maximum atomic E-state index is 14.9. The number of hydrogen-bond acceptors (Lipinski definition) is 6. The molecule has 1 unspecified atom stereocenters. The molecule has 2 aliphatic heterocycles. The summed E-state index contributed by atoms with van der Waals surface area (Å²) < 4.78 is 21.4. The molecule has 0 spiro atoms. The second kappa shape index (κ2) is 10.6. The van der Waals surface area contributed by atoms with Crippen molar-refractivity contribution in [2.75, 3.05) is 0 Å². The summed E-state index contributed by atoms with van der Waals surface area (Å²) in [5.41, 5.74) is 3.23. The molecule has 46 heavy (non-hydrogen) atoms. The Morgan fingerprint density at radius 2 is 1.15 bits per heavy atom. The summed E-state index contributed by atoms with van der Waals surface area (Å²) in [5.74, 6) is 1.97. The van der Waals surface area contributed by atoms with Crippen LogP contribution in [0.15, 0.2) is 148 Å². The molecule has 0 saturated heterocycles. The molecule has 0 aliphatic carbocycles. The van der Waals surface area contributed by atoms with Gasteiger partial charge in [-0.2, -0.15) is 0 Å². The van der Waals surface area contributed by atoms with Crippen molar-refractivity contribution in [1.29, 1.82) is 0 Å². The number of nitrogens with one attached hydrogen (secondary N) is 2. The summed E-state index contributed by atoms with van der Waals surface area (Å²) in [5, 5.41) is 4.97. The first kappa shape index (κ1) is 26.9. The van der Waals surface area contributed by atoms with Crippen molar-refractivity contribution in [3.63, 3.8) is 0 Å². The van der Waals surface area contributed by atoms with Crippen molar-refractivity contribution in [1.82, 2.24) is 14.8 Å². The average molecular weight is 615 g/mol. The zero-order valence-corrected chi connectivity index (χ0v) is 25.3. The lowest BCUT2D eigenvalue weighted by Crippen LogP contribution is -2.35. The monoisotopic (exact) mass is 615 g/mol. The average Bonchev–Trinajstić information content (AvgIpc) is 3.74. The van der Waals surface area contributed by atoms with Gasteiger partial charge in [-0.1, -0.05) is 109 Å². The van der Waals surface area contributed by atoms with E-state index >= 15 is 0 Å². The molecular weight excluding hydrogens is 590 g/mol. The summed E-state index contributed by atoms with van der Waals surface area (Å²) in [6.07, 6.45) is -0.565. The molecule has 219 valence electrons. The Balaban J connectivity index is 1.30. The highest BCUT2D eigenvalue weighted by Crippen LogP contribution is 2.46. The van der Waals surface area contributed by atoms with E-state index in [4.69, 9.17) is 19.4 Å². The molecule has 7 aromatic rings. The fourth-order valence-corrected chi connectivity index (χ4v) is 8.22. The highest BCUT2D eigenvalue weighted by atomic mass is 31.2. The minimum absolute atomic E-state index is 0.565. The van der Waals surface area contributed by atoms with Crippen molar-refractivity contribution in [3.8, 4) is 0 Å². The molecule has 1 radical (unpaired) electrons. The van der Waals surface area contributed by atoms with Crippen LogP contribution in [0, 0.1) is 0 Å². The molecular formula is C36H25BN6O2P. The Labute approximate surface area is 264 Å². The van der Waals surface area contributed by atoms with E-state index in [0.717, 1.165) is 32.7 Å². The summed E-state index contributed by atoms with van der Waals surface area (Å²) in [4.78, 5) is 24.4. The number of rotatable bonds is 5. The minimum atomic E-state index is -3.57. The SMILES string of the molecule is O=P(O[B]N1C2=Nc3[nH]c(c4ccccc34)N=c3[nH]c(c4ccccc34)=NC1c1ccccc12)(c1ccccc1)c1ccccc1. The summed E-state index contributed by atoms with van der Waals surface area (Å²) >= 11 is 0. The van der Waals surface area contributed by atoms with E-state index < -0.39 is 13.5 Å². The summed E-state index contributed by atoms with van der Waals surface area (Å²) in [7, 11) is -2.02. The quantitative estimate of drug-likeness (QED) is 0.181. The number of aromatic nitrogens is 2. The Kier molecular flexibility index (Phi) is 6.16. The van der Waals surface area contributed by atoms with Crippen LogP contribution >= 0.6 is 7.37 Å². The highest BCUT2D eigenvalue weighted by Gasteiger charge is 2.39. The first-order valence-electron chi connectivity index (χ1n) is 15.0. The number of hydrogen-bond donors (Lipinski definition) is 2. The molecule has 5 aromatic carbocycles. The number of aliphatic imine (C=N–C) groups is 1. The Hall–Kier alpha value is -5.50. The van der Waals surface area contributed by atoms with Crippen LogP contribution in [0.1, 0.15) is 17.3 Å². The fraction of sp³-hybridized carbons (Fsp3) is 0.0278. The van der Waals surface area contributed by atoms with E-state index in [1.165, 1.54) is 0 Å². The maximum Gasteiger partial charge on any atom is 0.448 e. The number of benzene rings is 5. The predicted octanol–water partition coefficient (Wildman–Crippen LogP) is 6.11. The van der Waals surface area contributed by atoms with Crippen LogP contribution in [0.4, 0.5) is 11.6 Å². The Bertz CT molecular complexity index is 2450. The lowest BCUT2D eigenvalue weighted by Gasteiger charge is -2.26. The maximum absolute atomic E-state index is 14.9. The lowest BCUT2D eigenvalue weighted by molar-refractivity contribution is 0.433. The number of aromatic amines is 2. The molecule has 10 heteroatoms. The van der Waals surface area contributed by atoms with Crippen molar-refractivity contribution in [2.45, 2.75) is 6.17 Å². The van der Waals surface area contributed by atoms with E-state index in [1.807, 2.05) is 132 Å². The Morgan fingerprint density at radius 3 is 1.83 bits per heavy atom. The fourth-order valence-electron chi connectivity index (χ4n) is 6.32. The third-order valence-electron chi connectivity index (χ3n) is 8.53. The first-order chi connectivity index (χ1) is 22.7. The number of amidine groups is 1. The standard InChI is InChI=1S/C36H25BN6O2P/c44-46(23-13-3-1-4-14-23,24-15-5-2-6-16-24)45-37-43-35-29-21-11-12-22-30(29)36(43)42-34-28-20-10-8-18-26(28)32(40-34)38-31-25-17-7-9-19-27(25)33(39-31)41-35/h1-22,35,40H,(H,38,39,41). The van der Waals surface area contributed by atoms with Crippen LogP contribution in [0.25, 0.3) is 21.5 Å². The van der Waals surface area contributed by atoms with E-state index in [9.17, 15) is 4.57 Å². The van der Waals surface area contributed by atoms with Crippen LogP contribution in [-0.2, 0) is 9.01 Å². The molecule has 2 aromatic heterocycles. The van der Waals surface area contributed by atoms with Crippen molar-refractivity contribution in [3.05, 3.63) is 156 Å². The smallest absolute Gasteiger partial charge is 0.362 e. The van der Waals surface area contributed by atoms with E-state index in [-0.39, 0.29) is 0 Å². The van der Waals surface area contributed by atoms with E-state index in [2.05, 4.69) is 16.0 Å². The molecule has 6 bridgehead atoms. The molecule has 2 aliphatic rings. The molecule has 8 nitrogen and oxygen atoms in total. The number of fused-ring (bicyclic) bond motifs is 15. The van der Waals surface area contributed by atoms with Crippen LogP contribution in [0.2, 0.25) is 0 Å². The van der Waals surface area contributed by atoms with Gasteiger partial charge in [0.05, 0.1) is 0 Å². The highest BCUT2D eigenvalue weighted by molar-refractivity contribution is 7.75. The van der Waals surface area contributed by atoms with Gasteiger partial charge in [0.15, 0.2) is 0 Å². The molecule has 0 fully saturated rings. The van der Waals surface area contributed by atoms with Gasteiger partial charge in [0.1, 0.15) is 34.6 Å². The van der Waals surface area contributed by atoms with Gasteiger partial charge in [0, 0.05) is 43.3 Å². The van der Waals surface area contributed by atoms with Gasteiger partial charge >= 0.3 is 7.62 Å². The largest absolute Gasteiger partial charge is 0.448 e. The zero-order chi connectivity index (χ0) is 30.7. The summed E-state index contributed by atoms with van der Waals surface area (Å²) in [6.45, 7) is 0. The van der Waals surface area contributed by atoms with Crippen LogP contribution in [0.5, 0.6) is 0 Å². The third-order valence-corrected chi connectivity index (χ3v) is 10.9. The zero-order valence-electron chi connectivity index (χ0n) is 24.4. The topological polar surface area (TPSA) is 98.2 Å². The van der Waals surface area contributed by atoms with Crippen molar-refractivity contribution in [2.24, 2.45) is 15.0 Å². The molecule has 1 atom stereocenters. The third kappa shape index (κ3) is 4.20. The van der Waals surface area contributed by atoms with Gasteiger partial charge in [0.25, 0.3) is 0 Å². The molecule has 4 heterocycles. The van der Waals surface area contributed by atoms with Crippen molar-refractivity contribution < 1.29 is 9.01 Å². The van der Waals surface area contributed by atoms with Gasteiger partial charge in [0.2, 0.25) is 7.37 Å². The van der Waals surface area contributed by atoms with Crippen molar-refractivity contribution >= 4 is 64.6 Å². The first-order valence-corrected chi connectivity index (χ1v) is 16.6. The predicted molar refractivity (Wildman–Crippen MR) is 182 cm³/mol.